The lowest BCUT2D eigenvalue weighted by molar-refractivity contribution is 0.415. The van der Waals surface area contributed by atoms with Crippen molar-refractivity contribution >= 4 is 17.2 Å². The highest BCUT2D eigenvalue weighted by atomic mass is 19.1. The summed E-state index contributed by atoms with van der Waals surface area (Å²) in [5.74, 6) is 1.03. The van der Waals surface area contributed by atoms with E-state index in [2.05, 4.69) is 15.5 Å². The molecule has 0 saturated heterocycles. The first-order valence-corrected chi connectivity index (χ1v) is 8.58. The number of hydrogen-bond donors (Lipinski definition) is 1. The number of rotatable bonds is 3. The molecule has 0 unspecified atom stereocenters. The molecule has 4 rings (SSSR count). The average molecular weight is 359 g/mol. The highest BCUT2D eigenvalue weighted by Gasteiger charge is 2.18. The standard InChI is InChI=1S/C22H18FN3O/c1-14-3-5-16(6-4-14)22-24-20-12-9-17(23)13-19(20)21(25-26-22)15-7-10-18(27-2)11-8-15/h3-13H,1-2H3,(H,24,26). The maximum Gasteiger partial charge on any atom is 0.154 e. The lowest BCUT2D eigenvalue weighted by atomic mass is 10.0. The Morgan fingerprint density at radius 2 is 1.59 bits per heavy atom. The van der Waals surface area contributed by atoms with Crippen LogP contribution in [0.5, 0.6) is 5.75 Å². The molecule has 0 radical (unpaired) electrons. The number of hydrazone groups is 1. The summed E-state index contributed by atoms with van der Waals surface area (Å²) in [7, 11) is 1.62. The normalized spacial score (nSPS) is 13.0. The van der Waals surface area contributed by atoms with Crippen molar-refractivity contribution in [1.82, 2.24) is 5.43 Å². The molecule has 0 amide bonds. The van der Waals surface area contributed by atoms with Gasteiger partial charge in [-0.05, 0) is 49.4 Å². The molecule has 3 aromatic carbocycles. The van der Waals surface area contributed by atoms with Crippen LogP contribution in [0.25, 0.3) is 0 Å². The minimum atomic E-state index is -0.330. The predicted octanol–water partition coefficient (Wildman–Crippen LogP) is 4.58. The van der Waals surface area contributed by atoms with Gasteiger partial charge in [0, 0.05) is 16.7 Å². The van der Waals surface area contributed by atoms with E-state index in [1.54, 1.807) is 13.2 Å². The Morgan fingerprint density at radius 1 is 0.889 bits per heavy atom. The zero-order chi connectivity index (χ0) is 18.8. The molecule has 1 N–H and O–H groups in total. The fraction of sp³-hybridized carbons (Fsp3) is 0.0909. The smallest absolute Gasteiger partial charge is 0.154 e. The van der Waals surface area contributed by atoms with E-state index >= 15 is 0 Å². The van der Waals surface area contributed by atoms with Crippen LogP contribution in [0.1, 0.15) is 22.3 Å². The SMILES string of the molecule is COc1ccc(C2=NNC(c3ccc(C)cc3)=Nc3ccc(F)cc32)cc1. The first-order valence-electron chi connectivity index (χ1n) is 8.58. The van der Waals surface area contributed by atoms with Gasteiger partial charge in [0.15, 0.2) is 5.84 Å². The van der Waals surface area contributed by atoms with E-state index in [0.29, 0.717) is 22.8 Å². The summed E-state index contributed by atoms with van der Waals surface area (Å²) in [4.78, 5) is 4.69. The summed E-state index contributed by atoms with van der Waals surface area (Å²) >= 11 is 0. The molecule has 0 bridgehead atoms. The summed E-state index contributed by atoms with van der Waals surface area (Å²) in [5, 5.41) is 4.54. The van der Waals surface area contributed by atoms with Crippen LogP contribution in [0.3, 0.4) is 0 Å². The van der Waals surface area contributed by atoms with Gasteiger partial charge in [-0.2, -0.15) is 5.10 Å². The molecular weight excluding hydrogens is 341 g/mol. The molecule has 0 aromatic heterocycles. The number of aryl methyl sites for hydroxylation is 1. The van der Waals surface area contributed by atoms with Gasteiger partial charge >= 0.3 is 0 Å². The Bertz CT molecular complexity index is 1040. The third-order valence-corrected chi connectivity index (χ3v) is 4.41. The van der Waals surface area contributed by atoms with Crippen molar-refractivity contribution in [3.8, 4) is 5.75 Å². The Kier molecular flexibility index (Phi) is 4.42. The van der Waals surface area contributed by atoms with Crippen molar-refractivity contribution in [2.24, 2.45) is 10.1 Å². The summed E-state index contributed by atoms with van der Waals surface area (Å²) in [5.41, 5.74) is 7.88. The van der Waals surface area contributed by atoms with Gasteiger partial charge < -0.3 is 4.74 Å². The molecule has 0 spiro atoms. The number of ether oxygens (including phenoxy) is 1. The number of benzene rings is 3. The molecular formula is C22H18FN3O. The molecule has 4 nitrogen and oxygen atoms in total. The third-order valence-electron chi connectivity index (χ3n) is 4.41. The van der Waals surface area contributed by atoms with Crippen LogP contribution >= 0.6 is 0 Å². The van der Waals surface area contributed by atoms with Crippen LogP contribution < -0.4 is 10.2 Å². The summed E-state index contributed by atoms with van der Waals surface area (Å²) in [6.45, 7) is 2.03. The summed E-state index contributed by atoms with van der Waals surface area (Å²) in [6, 6.07) is 20.0. The second-order valence-electron chi connectivity index (χ2n) is 6.29. The highest BCUT2D eigenvalue weighted by Crippen LogP contribution is 2.27. The Morgan fingerprint density at radius 3 is 2.30 bits per heavy atom. The second-order valence-corrected chi connectivity index (χ2v) is 6.29. The van der Waals surface area contributed by atoms with Crippen LogP contribution in [0.2, 0.25) is 0 Å². The second kappa shape index (κ2) is 7.03. The van der Waals surface area contributed by atoms with Crippen LogP contribution in [-0.2, 0) is 0 Å². The number of aliphatic imine (C=N–C) groups is 1. The molecule has 1 heterocycles. The minimum Gasteiger partial charge on any atom is -0.497 e. The van der Waals surface area contributed by atoms with Gasteiger partial charge in [-0.15, -0.1) is 0 Å². The summed E-state index contributed by atoms with van der Waals surface area (Å²) in [6.07, 6.45) is 0. The fourth-order valence-corrected chi connectivity index (χ4v) is 2.92. The Hall–Kier alpha value is -3.47. The molecule has 5 heteroatoms. The number of halogens is 1. The third kappa shape index (κ3) is 3.44. The van der Waals surface area contributed by atoms with Crippen LogP contribution in [0.15, 0.2) is 76.8 Å². The number of methoxy groups -OCH3 is 1. The maximum atomic E-state index is 14.0. The molecule has 0 aliphatic carbocycles. The van der Waals surface area contributed by atoms with Crippen molar-refractivity contribution in [1.29, 1.82) is 0 Å². The predicted molar refractivity (Wildman–Crippen MR) is 106 cm³/mol. The van der Waals surface area contributed by atoms with Gasteiger partial charge in [-0.1, -0.05) is 29.8 Å². The van der Waals surface area contributed by atoms with Crippen LogP contribution in [0.4, 0.5) is 10.1 Å². The maximum absolute atomic E-state index is 14.0. The number of nitrogens with zero attached hydrogens (tertiary/aromatic N) is 2. The first-order chi connectivity index (χ1) is 13.1. The lowest BCUT2D eigenvalue weighted by Gasteiger charge is -2.08. The lowest BCUT2D eigenvalue weighted by Crippen LogP contribution is -2.19. The van der Waals surface area contributed by atoms with Gasteiger partial charge in [0.25, 0.3) is 0 Å². The van der Waals surface area contributed by atoms with E-state index < -0.39 is 0 Å². The van der Waals surface area contributed by atoms with Crippen LogP contribution in [-0.4, -0.2) is 18.7 Å². The average Bonchev–Trinajstić information content (AvgIpc) is 2.88. The Balaban J connectivity index is 1.83. The number of amidine groups is 1. The van der Waals surface area contributed by atoms with Gasteiger partial charge in [-0.25, -0.2) is 9.38 Å². The van der Waals surface area contributed by atoms with E-state index in [0.717, 1.165) is 22.4 Å². The minimum absolute atomic E-state index is 0.330. The molecule has 134 valence electrons. The van der Waals surface area contributed by atoms with Gasteiger partial charge in [0.05, 0.1) is 12.8 Å². The number of fused-ring (bicyclic) bond motifs is 1. The number of hydrogen-bond acceptors (Lipinski definition) is 4. The highest BCUT2D eigenvalue weighted by molar-refractivity contribution is 6.18. The quantitative estimate of drug-likeness (QED) is 0.744. The van der Waals surface area contributed by atoms with Crippen molar-refractivity contribution in [3.63, 3.8) is 0 Å². The molecule has 3 aromatic rings. The Labute approximate surface area is 157 Å². The van der Waals surface area contributed by atoms with Crippen molar-refractivity contribution in [3.05, 3.63) is 94.8 Å². The van der Waals surface area contributed by atoms with E-state index in [1.165, 1.54) is 12.1 Å². The fourth-order valence-electron chi connectivity index (χ4n) is 2.92. The first kappa shape index (κ1) is 17.0. The molecule has 27 heavy (non-hydrogen) atoms. The summed E-state index contributed by atoms with van der Waals surface area (Å²) < 4.78 is 19.2. The zero-order valence-electron chi connectivity index (χ0n) is 15.0. The van der Waals surface area contributed by atoms with Crippen LogP contribution in [0, 0.1) is 12.7 Å². The zero-order valence-corrected chi connectivity index (χ0v) is 15.0. The van der Waals surface area contributed by atoms with Gasteiger partial charge in [-0.3, -0.25) is 5.43 Å². The van der Waals surface area contributed by atoms with Crippen molar-refractivity contribution in [2.45, 2.75) is 6.92 Å². The monoisotopic (exact) mass is 359 g/mol. The largest absolute Gasteiger partial charge is 0.497 e. The van der Waals surface area contributed by atoms with E-state index in [4.69, 9.17) is 4.74 Å². The van der Waals surface area contributed by atoms with Gasteiger partial charge in [0.1, 0.15) is 17.3 Å². The molecule has 0 fully saturated rings. The van der Waals surface area contributed by atoms with Crippen molar-refractivity contribution < 1.29 is 9.13 Å². The van der Waals surface area contributed by atoms with E-state index in [-0.39, 0.29) is 5.82 Å². The molecule has 0 atom stereocenters. The van der Waals surface area contributed by atoms with E-state index in [1.807, 2.05) is 55.5 Å². The molecule has 1 aliphatic rings. The topological polar surface area (TPSA) is 46.0 Å². The molecule has 1 aliphatic heterocycles. The van der Waals surface area contributed by atoms with Crippen molar-refractivity contribution in [2.75, 3.05) is 7.11 Å². The molecule has 0 saturated carbocycles. The van der Waals surface area contributed by atoms with Gasteiger partial charge in [0.2, 0.25) is 0 Å². The van der Waals surface area contributed by atoms with E-state index in [9.17, 15) is 4.39 Å². The number of nitrogens with one attached hydrogen (secondary N) is 1.